The van der Waals surface area contributed by atoms with Crippen LogP contribution in [0.4, 0.5) is 4.39 Å². The third-order valence-electron chi connectivity index (χ3n) is 3.33. The van der Waals surface area contributed by atoms with Gasteiger partial charge in [0.05, 0.1) is 5.56 Å². The van der Waals surface area contributed by atoms with Crippen molar-refractivity contribution in [3.8, 4) is 11.8 Å². The largest absolute Gasteiger partial charge is 0.483 e. The van der Waals surface area contributed by atoms with Crippen LogP contribution in [0.3, 0.4) is 0 Å². The van der Waals surface area contributed by atoms with Crippen LogP contribution < -0.4 is 10.5 Å². The van der Waals surface area contributed by atoms with Gasteiger partial charge in [-0.05, 0) is 24.6 Å². The molecule has 0 spiro atoms. The number of nitriles is 1. The molecule has 0 heterocycles. The van der Waals surface area contributed by atoms with Gasteiger partial charge in [0.15, 0.2) is 0 Å². The van der Waals surface area contributed by atoms with E-state index in [1.807, 2.05) is 6.92 Å². The molecule has 0 fully saturated rings. The summed E-state index contributed by atoms with van der Waals surface area (Å²) in [6.45, 7) is 1.91. The highest BCUT2D eigenvalue weighted by Gasteiger charge is 2.24. The summed E-state index contributed by atoms with van der Waals surface area (Å²) in [6.07, 6.45) is -0.000951. The minimum atomic E-state index is -0.634. The van der Waals surface area contributed by atoms with Crippen LogP contribution >= 0.6 is 0 Å². The fourth-order valence-corrected chi connectivity index (χ4v) is 2.10. The zero-order valence-corrected chi connectivity index (χ0v) is 11.8. The smallest absolute Gasteiger partial charge is 0.142 e. The van der Waals surface area contributed by atoms with Gasteiger partial charge in [0.2, 0.25) is 0 Å². The van der Waals surface area contributed by atoms with Gasteiger partial charge in [0, 0.05) is 11.6 Å². The first-order valence-corrected chi connectivity index (χ1v) is 6.83. The fourth-order valence-electron chi connectivity index (χ4n) is 2.10. The maximum Gasteiger partial charge on any atom is 0.142 e. The standard InChI is InChI=1S/C17H17FN2O/c1-2-15(20)17(13-8-4-5-9-14(13)18)21-16-10-6-3-7-12(16)11-19/h3-10,15,17H,2,20H2,1H3. The van der Waals surface area contributed by atoms with E-state index in [0.29, 0.717) is 23.3 Å². The van der Waals surface area contributed by atoms with Crippen molar-refractivity contribution in [1.82, 2.24) is 0 Å². The zero-order valence-electron chi connectivity index (χ0n) is 11.8. The van der Waals surface area contributed by atoms with E-state index in [4.69, 9.17) is 15.7 Å². The van der Waals surface area contributed by atoms with Crippen molar-refractivity contribution in [1.29, 1.82) is 5.26 Å². The molecule has 0 amide bonds. The molecule has 2 N–H and O–H groups in total. The van der Waals surface area contributed by atoms with E-state index in [1.165, 1.54) is 6.07 Å². The van der Waals surface area contributed by atoms with Crippen molar-refractivity contribution in [2.75, 3.05) is 0 Å². The lowest BCUT2D eigenvalue weighted by atomic mass is 10.00. The van der Waals surface area contributed by atoms with Gasteiger partial charge in [-0.15, -0.1) is 0 Å². The summed E-state index contributed by atoms with van der Waals surface area (Å²) in [6, 6.07) is 15.0. The van der Waals surface area contributed by atoms with Crippen LogP contribution in [0.5, 0.6) is 5.75 Å². The van der Waals surface area contributed by atoms with Crippen molar-refractivity contribution >= 4 is 0 Å². The molecule has 2 atom stereocenters. The molecular weight excluding hydrogens is 267 g/mol. The predicted molar refractivity (Wildman–Crippen MR) is 79.2 cm³/mol. The molecule has 2 aromatic carbocycles. The molecule has 0 aliphatic rings. The summed E-state index contributed by atoms with van der Waals surface area (Å²) < 4.78 is 19.9. The summed E-state index contributed by atoms with van der Waals surface area (Å²) in [4.78, 5) is 0. The summed E-state index contributed by atoms with van der Waals surface area (Å²) in [5, 5.41) is 9.12. The molecule has 0 saturated carbocycles. The molecule has 3 nitrogen and oxygen atoms in total. The van der Waals surface area contributed by atoms with Crippen LogP contribution in [0, 0.1) is 17.1 Å². The number of rotatable bonds is 5. The molecule has 0 aliphatic heterocycles. The number of nitrogens with two attached hydrogens (primary N) is 1. The number of benzene rings is 2. The highest BCUT2D eigenvalue weighted by molar-refractivity contribution is 5.43. The van der Waals surface area contributed by atoms with Gasteiger partial charge in [0.1, 0.15) is 23.7 Å². The van der Waals surface area contributed by atoms with Crippen molar-refractivity contribution in [2.45, 2.75) is 25.5 Å². The van der Waals surface area contributed by atoms with E-state index in [1.54, 1.807) is 42.5 Å². The molecule has 2 rings (SSSR count). The molecule has 0 saturated heterocycles. The number of halogens is 1. The first-order valence-electron chi connectivity index (χ1n) is 6.83. The van der Waals surface area contributed by atoms with Gasteiger partial charge in [-0.1, -0.05) is 37.3 Å². The van der Waals surface area contributed by atoms with Crippen LogP contribution in [0.1, 0.15) is 30.6 Å². The molecule has 21 heavy (non-hydrogen) atoms. The lowest BCUT2D eigenvalue weighted by Gasteiger charge is -2.25. The van der Waals surface area contributed by atoms with Gasteiger partial charge >= 0.3 is 0 Å². The van der Waals surface area contributed by atoms with Crippen LogP contribution in [0.15, 0.2) is 48.5 Å². The Bertz CT molecular complexity index is 651. The van der Waals surface area contributed by atoms with Gasteiger partial charge in [-0.3, -0.25) is 0 Å². The molecule has 2 aromatic rings. The van der Waals surface area contributed by atoms with Gasteiger partial charge in [-0.25, -0.2) is 4.39 Å². The molecule has 2 unspecified atom stereocenters. The topological polar surface area (TPSA) is 59.0 Å². The van der Waals surface area contributed by atoms with E-state index in [9.17, 15) is 4.39 Å². The zero-order chi connectivity index (χ0) is 15.2. The highest BCUT2D eigenvalue weighted by atomic mass is 19.1. The second-order valence-corrected chi connectivity index (χ2v) is 4.74. The van der Waals surface area contributed by atoms with E-state index in [0.717, 1.165) is 0 Å². The molecule has 108 valence electrons. The Morgan fingerprint density at radius 3 is 2.52 bits per heavy atom. The van der Waals surface area contributed by atoms with Crippen molar-refractivity contribution in [2.24, 2.45) is 5.73 Å². The van der Waals surface area contributed by atoms with E-state index in [2.05, 4.69) is 6.07 Å². The molecule has 4 heteroatoms. The van der Waals surface area contributed by atoms with Crippen LogP contribution in [-0.4, -0.2) is 6.04 Å². The number of para-hydroxylation sites is 1. The second kappa shape index (κ2) is 6.87. The number of hydrogen-bond donors (Lipinski definition) is 1. The van der Waals surface area contributed by atoms with Crippen molar-refractivity contribution < 1.29 is 9.13 Å². The molecule has 0 radical (unpaired) electrons. The van der Waals surface area contributed by atoms with Crippen LogP contribution in [-0.2, 0) is 0 Å². The Kier molecular flexibility index (Phi) is 4.91. The summed E-state index contributed by atoms with van der Waals surface area (Å²) >= 11 is 0. The minimum absolute atomic E-state index is 0.360. The van der Waals surface area contributed by atoms with E-state index < -0.39 is 6.10 Å². The molecule has 0 bridgehead atoms. The van der Waals surface area contributed by atoms with Crippen LogP contribution in [0.2, 0.25) is 0 Å². The van der Waals surface area contributed by atoms with Gasteiger partial charge < -0.3 is 10.5 Å². The molecular formula is C17H17FN2O. The van der Waals surface area contributed by atoms with E-state index >= 15 is 0 Å². The predicted octanol–water partition coefficient (Wildman–Crippen LogP) is 3.55. The van der Waals surface area contributed by atoms with Gasteiger partial charge in [0.25, 0.3) is 0 Å². The Morgan fingerprint density at radius 1 is 1.19 bits per heavy atom. The third-order valence-corrected chi connectivity index (χ3v) is 3.33. The van der Waals surface area contributed by atoms with E-state index in [-0.39, 0.29) is 11.9 Å². The second-order valence-electron chi connectivity index (χ2n) is 4.74. The first kappa shape index (κ1) is 15.0. The normalized spacial score (nSPS) is 13.2. The maximum absolute atomic E-state index is 14.0. The number of hydrogen-bond acceptors (Lipinski definition) is 3. The lowest BCUT2D eigenvalue weighted by Crippen LogP contribution is -2.32. The average molecular weight is 284 g/mol. The molecule has 0 aromatic heterocycles. The Morgan fingerprint density at radius 2 is 1.86 bits per heavy atom. The van der Waals surface area contributed by atoms with Crippen molar-refractivity contribution in [3.05, 3.63) is 65.5 Å². The highest BCUT2D eigenvalue weighted by Crippen LogP contribution is 2.29. The lowest BCUT2D eigenvalue weighted by molar-refractivity contribution is 0.166. The Labute approximate surface area is 123 Å². The first-order chi connectivity index (χ1) is 10.2. The Hall–Kier alpha value is -2.38. The molecule has 0 aliphatic carbocycles. The van der Waals surface area contributed by atoms with Crippen molar-refractivity contribution in [3.63, 3.8) is 0 Å². The Balaban J connectivity index is 2.39. The SMILES string of the molecule is CCC(N)C(Oc1ccccc1C#N)c1ccccc1F. The van der Waals surface area contributed by atoms with Gasteiger partial charge in [-0.2, -0.15) is 5.26 Å². The average Bonchev–Trinajstić information content (AvgIpc) is 2.53. The number of ether oxygens (including phenoxy) is 1. The fraction of sp³-hybridized carbons (Fsp3) is 0.235. The number of nitrogens with zero attached hydrogens (tertiary/aromatic N) is 1. The summed E-state index contributed by atoms with van der Waals surface area (Å²) in [5.74, 6) is 0.0537. The quantitative estimate of drug-likeness (QED) is 0.913. The summed E-state index contributed by atoms with van der Waals surface area (Å²) in [5.41, 5.74) is 6.89. The third kappa shape index (κ3) is 3.39. The van der Waals surface area contributed by atoms with Crippen LogP contribution in [0.25, 0.3) is 0 Å². The minimum Gasteiger partial charge on any atom is -0.483 e. The monoisotopic (exact) mass is 284 g/mol. The summed E-state index contributed by atoms with van der Waals surface area (Å²) in [7, 11) is 0. The maximum atomic E-state index is 14.0.